The van der Waals surface area contributed by atoms with E-state index in [1.165, 1.54) is 27.0 Å². The van der Waals surface area contributed by atoms with Crippen molar-refractivity contribution in [1.29, 1.82) is 0 Å². The van der Waals surface area contributed by atoms with E-state index < -0.39 is 22.9 Å². The molecule has 0 bridgehead atoms. The zero-order chi connectivity index (χ0) is 32.1. The number of carbonyl (C=O) groups excluding carboxylic acids is 1. The summed E-state index contributed by atoms with van der Waals surface area (Å²) in [5.41, 5.74) is -2.45. The number of halogens is 3. The molecule has 232 valence electrons. The molecule has 5 aromatic rings. The van der Waals surface area contributed by atoms with Gasteiger partial charge in [-0.25, -0.2) is 9.37 Å². The fraction of sp³-hybridized carbons (Fsp3) is 0.265. The van der Waals surface area contributed by atoms with Gasteiger partial charge in [-0.2, -0.15) is 5.10 Å². The first-order valence-electron chi connectivity index (χ1n) is 14.4. The number of hydrogen-bond acceptors (Lipinski definition) is 6. The van der Waals surface area contributed by atoms with Crippen molar-refractivity contribution >= 4 is 40.0 Å². The predicted octanol–water partition coefficient (Wildman–Crippen LogP) is 6.78. The third kappa shape index (κ3) is 5.89. The van der Waals surface area contributed by atoms with Crippen LogP contribution >= 0.6 is 23.2 Å². The van der Waals surface area contributed by atoms with Crippen molar-refractivity contribution in [3.8, 4) is 17.0 Å². The molecule has 0 saturated heterocycles. The zero-order valence-electron chi connectivity index (χ0n) is 24.8. The number of ether oxygens (including phenoxy) is 1. The topological polar surface area (TPSA) is 110 Å². The molecule has 0 spiro atoms. The van der Waals surface area contributed by atoms with E-state index in [-0.39, 0.29) is 39.1 Å². The van der Waals surface area contributed by atoms with Gasteiger partial charge in [-0.3, -0.25) is 9.48 Å². The Hall–Kier alpha value is -4.02. The summed E-state index contributed by atoms with van der Waals surface area (Å²) in [4.78, 5) is 18.2. The molecule has 8 nitrogen and oxygen atoms in total. The van der Waals surface area contributed by atoms with Crippen LogP contribution in [0.5, 0.6) is 5.75 Å². The van der Waals surface area contributed by atoms with E-state index in [2.05, 4.69) is 15.4 Å². The molecule has 6 rings (SSSR count). The molecular formula is C34H31Cl2FN4O4. The number of nitrogens with one attached hydrogen (secondary N) is 1. The Morgan fingerprint density at radius 3 is 2.49 bits per heavy atom. The second-order valence-electron chi connectivity index (χ2n) is 11.7. The van der Waals surface area contributed by atoms with Gasteiger partial charge in [0.1, 0.15) is 22.6 Å². The summed E-state index contributed by atoms with van der Waals surface area (Å²) in [6.45, 7) is 2.51. The lowest BCUT2D eigenvalue weighted by atomic mass is 9.86. The summed E-state index contributed by atoms with van der Waals surface area (Å²) in [5, 5.41) is 31.8. The lowest BCUT2D eigenvalue weighted by Gasteiger charge is -2.31. The van der Waals surface area contributed by atoms with Crippen LogP contribution in [-0.2, 0) is 11.2 Å². The maximum absolute atomic E-state index is 16.0. The second kappa shape index (κ2) is 11.7. The Morgan fingerprint density at radius 2 is 1.82 bits per heavy atom. The lowest BCUT2D eigenvalue weighted by molar-refractivity contribution is 0.0625. The SMILES string of the molecule is COc1cc(C(=O)NC[C@@](O)(c2ccccc2)c2cc(C(C)(C)O)c(F)c(-c3cccc(Cl)c3Cl)n2)cc2cn(C3CC3)nc12. The summed E-state index contributed by atoms with van der Waals surface area (Å²) in [6, 6.07) is 18.3. The van der Waals surface area contributed by atoms with Crippen molar-refractivity contribution < 1.29 is 24.1 Å². The Labute approximate surface area is 269 Å². The minimum Gasteiger partial charge on any atom is -0.494 e. The van der Waals surface area contributed by atoms with E-state index in [0.717, 1.165) is 18.2 Å². The van der Waals surface area contributed by atoms with E-state index >= 15 is 4.39 Å². The highest BCUT2D eigenvalue weighted by molar-refractivity contribution is 6.43. The van der Waals surface area contributed by atoms with E-state index in [9.17, 15) is 15.0 Å². The molecule has 1 aliphatic carbocycles. The Balaban J connectivity index is 1.43. The van der Waals surface area contributed by atoms with Crippen LogP contribution in [0.4, 0.5) is 4.39 Å². The lowest BCUT2D eigenvalue weighted by Crippen LogP contribution is -2.42. The molecule has 2 heterocycles. The average molecular weight is 650 g/mol. The van der Waals surface area contributed by atoms with Crippen molar-refractivity contribution in [2.45, 2.75) is 43.9 Å². The van der Waals surface area contributed by atoms with Gasteiger partial charge < -0.3 is 20.3 Å². The van der Waals surface area contributed by atoms with Gasteiger partial charge in [0.05, 0.1) is 41.0 Å². The van der Waals surface area contributed by atoms with Crippen LogP contribution in [-0.4, -0.2) is 44.5 Å². The van der Waals surface area contributed by atoms with Gasteiger partial charge in [0.25, 0.3) is 5.91 Å². The first-order chi connectivity index (χ1) is 21.4. The minimum atomic E-state index is -1.96. The normalized spacial score (nSPS) is 14.8. The van der Waals surface area contributed by atoms with Crippen molar-refractivity contribution in [2.75, 3.05) is 13.7 Å². The molecule has 11 heteroatoms. The Morgan fingerprint density at radius 1 is 1.09 bits per heavy atom. The molecule has 0 unspecified atom stereocenters. The first-order valence-corrected chi connectivity index (χ1v) is 15.2. The van der Waals surface area contributed by atoms with Crippen LogP contribution in [0.2, 0.25) is 10.0 Å². The summed E-state index contributed by atoms with van der Waals surface area (Å²) in [7, 11) is 1.52. The number of methoxy groups -OCH3 is 1. The van der Waals surface area contributed by atoms with Gasteiger partial charge in [-0.05, 0) is 56.5 Å². The first kappa shape index (κ1) is 31.0. The van der Waals surface area contributed by atoms with Gasteiger partial charge in [0.2, 0.25) is 0 Å². The molecule has 0 radical (unpaired) electrons. The molecule has 1 saturated carbocycles. The smallest absolute Gasteiger partial charge is 0.251 e. The molecule has 1 fully saturated rings. The fourth-order valence-electron chi connectivity index (χ4n) is 5.35. The number of aliphatic hydroxyl groups is 2. The van der Waals surface area contributed by atoms with Gasteiger partial charge in [0.15, 0.2) is 5.82 Å². The maximum Gasteiger partial charge on any atom is 0.251 e. The highest BCUT2D eigenvalue weighted by Crippen LogP contribution is 2.40. The molecule has 3 aromatic carbocycles. The number of hydrogen-bond donors (Lipinski definition) is 3. The molecule has 3 N–H and O–H groups in total. The van der Waals surface area contributed by atoms with Crippen LogP contribution in [0.3, 0.4) is 0 Å². The van der Waals surface area contributed by atoms with Crippen LogP contribution in [0.25, 0.3) is 22.2 Å². The zero-order valence-corrected chi connectivity index (χ0v) is 26.3. The summed E-state index contributed by atoms with van der Waals surface area (Å²) < 4.78 is 23.5. The standard InChI is InChI=1S/C34H31Cl2FN4O4/c1-33(2,43)24-16-27(39-31(29(24)37)23-10-7-11-25(35)28(23)36)34(44,21-8-5-4-6-9-21)18-38-32(42)19-14-20-17-41(22-12-13-22)40-30(20)26(15-19)45-3/h4-11,14-17,22,43-44H,12-13,18H2,1-3H3,(H,38,42)/t34-/m1/s1. The van der Waals surface area contributed by atoms with Crippen molar-refractivity contribution in [1.82, 2.24) is 20.1 Å². The molecule has 2 aromatic heterocycles. The molecule has 0 aliphatic heterocycles. The van der Waals surface area contributed by atoms with Crippen LogP contribution in [0.1, 0.15) is 59.9 Å². The van der Waals surface area contributed by atoms with Gasteiger partial charge in [0, 0.05) is 28.3 Å². The number of fused-ring (bicyclic) bond motifs is 1. The quantitative estimate of drug-likeness (QED) is 0.163. The van der Waals surface area contributed by atoms with E-state index in [1.54, 1.807) is 60.7 Å². The maximum atomic E-state index is 16.0. The van der Waals surface area contributed by atoms with E-state index in [1.807, 2.05) is 10.9 Å². The molecule has 1 amide bonds. The Kier molecular flexibility index (Phi) is 8.07. The summed E-state index contributed by atoms with van der Waals surface area (Å²) >= 11 is 12.7. The minimum absolute atomic E-state index is 0.0164. The van der Waals surface area contributed by atoms with Crippen molar-refractivity contribution in [3.63, 3.8) is 0 Å². The monoisotopic (exact) mass is 648 g/mol. The highest BCUT2D eigenvalue weighted by Gasteiger charge is 2.38. The van der Waals surface area contributed by atoms with Crippen molar-refractivity contribution in [2.24, 2.45) is 0 Å². The van der Waals surface area contributed by atoms with Gasteiger partial charge in [-0.15, -0.1) is 0 Å². The number of pyridine rings is 1. The molecule has 1 atom stereocenters. The molecule has 45 heavy (non-hydrogen) atoms. The second-order valence-corrected chi connectivity index (χ2v) is 12.5. The summed E-state index contributed by atoms with van der Waals surface area (Å²) in [6.07, 6.45) is 4.01. The number of carbonyl (C=O) groups is 1. The van der Waals surface area contributed by atoms with Crippen LogP contribution < -0.4 is 10.1 Å². The number of nitrogens with zero attached hydrogens (tertiary/aromatic N) is 3. The highest BCUT2D eigenvalue weighted by atomic mass is 35.5. The third-order valence-corrected chi connectivity index (χ3v) is 8.82. The van der Waals surface area contributed by atoms with Crippen molar-refractivity contribution in [3.05, 3.63) is 111 Å². The predicted molar refractivity (Wildman–Crippen MR) is 171 cm³/mol. The third-order valence-electron chi connectivity index (χ3n) is 8.00. The number of aromatic nitrogens is 3. The largest absolute Gasteiger partial charge is 0.494 e. The fourth-order valence-corrected chi connectivity index (χ4v) is 5.74. The molecule has 1 aliphatic rings. The van der Waals surface area contributed by atoms with Gasteiger partial charge >= 0.3 is 0 Å². The number of rotatable bonds is 9. The van der Waals surface area contributed by atoms with Crippen LogP contribution in [0, 0.1) is 5.82 Å². The van der Waals surface area contributed by atoms with Gasteiger partial charge in [-0.1, -0.05) is 65.7 Å². The van der Waals surface area contributed by atoms with E-state index in [4.69, 9.17) is 27.9 Å². The number of amides is 1. The number of benzene rings is 3. The van der Waals surface area contributed by atoms with E-state index in [0.29, 0.717) is 28.4 Å². The van der Waals surface area contributed by atoms with Crippen LogP contribution in [0.15, 0.2) is 72.9 Å². The summed E-state index contributed by atoms with van der Waals surface area (Å²) in [5.74, 6) is -0.845. The molecular weight excluding hydrogens is 618 g/mol. The Bertz CT molecular complexity index is 1920. The average Bonchev–Trinajstić information content (AvgIpc) is 3.79.